The summed E-state index contributed by atoms with van der Waals surface area (Å²) in [6.45, 7) is 3.80. The Balaban J connectivity index is 1.76. The van der Waals surface area contributed by atoms with Crippen molar-refractivity contribution in [2.75, 3.05) is 0 Å². The molecule has 0 radical (unpaired) electrons. The Hall–Kier alpha value is -3.22. The van der Waals surface area contributed by atoms with Gasteiger partial charge in [-0.1, -0.05) is 37.6 Å². The molecule has 3 rings (SSSR count). The zero-order chi connectivity index (χ0) is 18.5. The van der Waals surface area contributed by atoms with Gasteiger partial charge in [-0.3, -0.25) is 4.79 Å². The van der Waals surface area contributed by atoms with Gasteiger partial charge >= 0.3 is 0 Å². The molecule has 0 aliphatic carbocycles. The smallest absolute Gasteiger partial charge is 0.204 e. The number of nitrogens with zero attached hydrogens (tertiary/aromatic N) is 3. The number of rotatable bonds is 7. The summed E-state index contributed by atoms with van der Waals surface area (Å²) in [5.41, 5.74) is 2.82. The molecule has 7 heteroatoms. The van der Waals surface area contributed by atoms with Crippen LogP contribution in [-0.2, 0) is 13.0 Å². The van der Waals surface area contributed by atoms with Crippen LogP contribution in [-0.4, -0.2) is 31.5 Å². The Bertz CT molecular complexity index is 890. The predicted octanol–water partition coefficient (Wildman–Crippen LogP) is 3.31. The van der Waals surface area contributed by atoms with Crippen molar-refractivity contribution in [3.8, 4) is 22.9 Å². The van der Waals surface area contributed by atoms with Gasteiger partial charge in [-0.2, -0.15) is 5.21 Å². The van der Waals surface area contributed by atoms with E-state index in [0.717, 1.165) is 17.5 Å². The van der Waals surface area contributed by atoms with Crippen LogP contribution in [0.2, 0.25) is 0 Å². The van der Waals surface area contributed by atoms with Gasteiger partial charge in [-0.25, -0.2) is 0 Å². The molecule has 0 unspecified atom stereocenters. The van der Waals surface area contributed by atoms with Gasteiger partial charge in [-0.15, -0.1) is 10.2 Å². The van der Waals surface area contributed by atoms with Gasteiger partial charge in [0.2, 0.25) is 5.82 Å². The molecule has 0 aliphatic rings. The lowest BCUT2D eigenvalue weighted by molar-refractivity contribution is 0.101. The molecule has 0 fully saturated rings. The second-order valence-electron chi connectivity index (χ2n) is 5.97. The van der Waals surface area contributed by atoms with Crippen LogP contribution in [0.15, 0.2) is 36.4 Å². The van der Waals surface area contributed by atoms with Crippen molar-refractivity contribution in [1.82, 2.24) is 20.6 Å². The summed E-state index contributed by atoms with van der Waals surface area (Å²) in [4.78, 5) is 11.6. The van der Waals surface area contributed by atoms with E-state index in [4.69, 9.17) is 4.74 Å². The summed E-state index contributed by atoms with van der Waals surface area (Å²) in [6, 6.07) is 11.0. The van der Waals surface area contributed by atoms with Crippen molar-refractivity contribution < 1.29 is 14.6 Å². The highest BCUT2D eigenvalue weighted by Gasteiger charge is 2.16. The predicted molar refractivity (Wildman–Crippen MR) is 96.1 cm³/mol. The maximum atomic E-state index is 11.6. The molecule has 26 heavy (non-hydrogen) atoms. The first-order chi connectivity index (χ1) is 12.6. The molecule has 2 N–H and O–H groups in total. The number of phenolic OH excluding ortho intramolecular Hbond substituents is 1. The average Bonchev–Trinajstić information content (AvgIpc) is 3.17. The third-order valence-electron chi connectivity index (χ3n) is 4.07. The fourth-order valence-corrected chi connectivity index (χ4v) is 2.72. The maximum absolute atomic E-state index is 11.6. The van der Waals surface area contributed by atoms with E-state index >= 15 is 0 Å². The molecular formula is C19H20N4O3. The number of carbonyl (C=O) groups is 1. The molecular weight excluding hydrogens is 332 g/mol. The Morgan fingerprint density at radius 1 is 1.19 bits per heavy atom. The number of tetrazole rings is 1. The Kier molecular flexibility index (Phi) is 5.26. The molecule has 134 valence electrons. The number of Topliss-reactive ketones (excluding diaryl/α,β-unsaturated/α-hetero) is 1. The summed E-state index contributed by atoms with van der Waals surface area (Å²) < 4.78 is 5.90. The number of aromatic nitrogens is 4. The average molecular weight is 352 g/mol. The molecule has 0 spiro atoms. The van der Waals surface area contributed by atoms with E-state index in [9.17, 15) is 9.90 Å². The number of benzene rings is 2. The highest BCUT2D eigenvalue weighted by molar-refractivity contribution is 5.97. The van der Waals surface area contributed by atoms with Crippen molar-refractivity contribution >= 4 is 5.78 Å². The van der Waals surface area contributed by atoms with Crippen LogP contribution in [0.4, 0.5) is 0 Å². The van der Waals surface area contributed by atoms with Crippen LogP contribution >= 0.6 is 0 Å². The van der Waals surface area contributed by atoms with E-state index in [-0.39, 0.29) is 11.5 Å². The van der Waals surface area contributed by atoms with Gasteiger partial charge in [0, 0.05) is 11.1 Å². The monoisotopic (exact) mass is 352 g/mol. The summed E-state index contributed by atoms with van der Waals surface area (Å²) in [5, 5.41) is 24.2. The third kappa shape index (κ3) is 3.72. The second-order valence-corrected chi connectivity index (χ2v) is 5.97. The van der Waals surface area contributed by atoms with E-state index < -0.39 is 0 Å². The van der Waals surface area contributed by atoms with Gasteiger partial charge in [0.1, 0.15) is 18.1 Å². The number of phenols is 1. The molecule has 0 saturated heterocycles. The van der Waals surface area contributed by atoms with E-state index in [1.807, 2.05) is 31.2 Å². The van der Waals surface area contributed by atoms with Crippen LogP contribution in [0.25, 0.3) is 11.4 Å². The SMILES string of the molecule is CCCc1c(OCc2ccc(-c3nn[nH]n3)cc2)ccc(C(C)=O)c1O. The summed E-state index contributed by atoms with van der Waals surface area (Å²) in [6.07, 6.45) is 1.48. The Morgan fingerprint density at radius 2 is 1.96 bits per heavy atom. The van der Waals surface area contributed by atoms with Gasteiger partial charge in [-0.05, 0) is 36.3 Å². The number of aromatic amines is 1. The van der Waals surface area contributed by atoms with Gasteiger partial charge in [0.15, 0.2) is 5.78 Å². The second kappa shape index (κ2) is 7.77. The number of aromatic hydroxyl groups is 1. The Labute approximate surface area is 151 Å². The molecule has 0 saturated carbocycles. The first-order valence-corrected chi connectivity index (χ1v) is 8.41. The van der Waals surface area contributed by atoms with Gasteiger partial charge in [0.05, 0.1) is 5.56 Å². The quantitative estimate of drug-likeness (QED) is 0.633. The number of ether oxygens (including phenoxy) is 1. The lowest BCUT2D eigenvalue weighted by atomic mass is 10.0. The minimum atomic E-state index is -0.163. The van der Waals surface area contributed by atoms with Crippen molar-refractivity contribution in [3.05, 3.63) is 53.1 Å². The van der Waals surface area contributed by atoms with Crippen molar-refractivity contribution in [2.45, 2.75) is 33.3 Å². The topological polar surface area (TPSA) is 101 Å². The zero-order valence-corrected chi connectivity index (χ0v) is 14.7. The number of hydrogen-bond acceptors (Lipinski definition) is 6. The van der Waals surface area contributed by atoms with Crippen LogP contribution in [0.3, 0.4) is 0 Å². The van der Waals surface area contributed by atoms with Gasteiger partial charge in [0.25, 0.3) is 0 Å². The number of ketones is 1. The molecule has 1 heterocycles. The maximum Gasteiger partial charge on any atom is 0.204 e. The van der Waals surface area contributed by atoms with E-state index in [0.29, 0.717) is 35.7 Å². The van der Waals surface area contributed by atoms with E-state index in [2.05, 4.69) is 20.6 Å². The van der Waals surface area contributed by atoms with Crippen molar-refractivity contribution in [1.29, 1.82) is 0 Å². The lowest BCUT2D eigenvalue weighted by Crippen LogP contribution is -2.02. The largest absolute Gasteiger partial charge is 0.507 e. The van der Waals surface area contributed by atoms with Crippen LogP contribution in [0, 0.1) is 0 Å². The van der Waals surface area contributed by atoms with E-state index in [1.54, 1.807) is 12.1 Å². The molecule has 0 aliphatic heterocycles. The molecule has 7 nitrogen and oxygen atoms in total. The van der Waals surface area contributed by atoms with Crippen LogP contribution in [0.1, 0.15) is 41.8 Å². The fraction of sp³-hybridized carbons (Fsp3) is 0.263. The first-order valence-electron chi connectivity index (χ1n) is 8.41. The number of carbonyl (C=O) groups excluding carboxylic acids is 1. The molecule has 2 aromatic carbocycles. The Morgan fingerprint density at radius 3 is 2.58 bits per heavy atom. The zero-order valence-electron chi connectivity index (χ0n) is 14.7. The molecule has 0 bridgehead atoms. The molecule has 1 aromatic heterocycles. The molecule has 0 atom stereocenters. The number of nitrogens with one attached hydrogen (secondary N) is 1. The summed E-state index contributed by atoms with van der Waals surface area (Å²) in [7, 11) is 0. The van der Waals surface area contributed by atoms with Crippen LogP contribution < -0.4 is 4.74 Å². The van der Waals surface area contributed by atoms with Gasteiger partial charge < -0.3 is 9.84 Å². The van der Waals surface area contributed by atoms with Crippen LogP contribution in [0.5, 0.6) is 11.5 Å². The van der Waals surface area contributed by atoms with E-state index in [1.165, 1.54) is 6.92 Å². The highest BCUT2D eigenvalue weighted by atomic mass is 16.5. The highest BCUT2D eigenvalue weighted by Crippen LogP contribution is 2.33. The standard InChI is InChI=1S/C19H20N4O3/c1-3-4-16-17(10-9-15(12(2)24)18(16)25)26-11-13-5-7-14(8-6-13)19-20-22-23-21-19/h5-10,25H,3-4,11H2,1-2H3,(H,20,21,22,23). The number of H-pyrrole nitrogens is 1. The minimum Gasteiger partial charge on any atom is -0.507 e. The lowest BCUT2D eigenvalue weighted by Gasteiger charge is -2.14. The van der Waals surface area contributed by atoms with Crippen molar-refractivity contribution in [2.24, 2.45) is 0 Å². The van der Waals surface area contributed by atoms with Crippen molar-refractivity contribution in [3.63, 3.8) is 0 Å². The number of hydrogen-bond donors (Lipinski definition) is 2. The third-order valence-corrected chi connectivity index (χ3v) is 4.07. The fourth-order valence-electron chi connectivity index (χ4n) is 2.72. The summed E-state index contributed by atoms with van der Waals surface area (Å²) >= 11 is 0. The first kappa shape index (κ1) is 17.6. The molecule has 0 amide bonds. The molecule has 3 aromatic rings. The minimum absolute atomic E-state index is 0.0179. The normalized spacial score (nSPS) is 10.7. The summed E-state index contributed by atoms with van der Waals surface area (Å²) in [5.74, 6) is 0.983.